The average Bonchev–Trinajstić information content (AvgIpc) is 2.47. The van der Waals surface area contributed by atoms with Crippen molar-refractivity contribution in [1.29, 1.82) is 0 Å². The summed E-state index contributed by atoms with van der Waals surface area (Å²) in [5.41, 5.74) is 0. The summed E-state index contributed by atoms with van der Waals surface area (Å²) in [6.45, 7) is 1.85. The highest BCUT2D eigenvalue weighted by Gasteiger charge is 2.20. The molecule has 1 amide bonds. The molecule has 1 unspecified atom stereocenters. The topological polar surface area (TPSA) is 59.9 Å². The van der Waals surface area contributed by atoms with E-state index in [0.717, 1.165) is 0 Å². The van der Waals surface area contributed by atoms with Gasteiger partial charge in [0.2, 0.25) is 0 Å². The number of hydrogen-bond donors (Lipinski definition) is 1. The first kappa shape index (κ1) is 9.34. The molecule has 0 aliphatic carbocycles. The summed E-state index contributed by atoms with van der Waals surface area (Å²) in [7, 11) is 1.48. The van der Waals surface area contributed by atoms with Gasteiger partial charge >= 0.3 is 6.09 Å². The maximum Gasteiger partial charge on any atom is 0.433 e. The fraction of sp³-hybridized carbons (Fsp3) is 0.667. The van der Waals surface area contributed by atoms with Gasteiger partial charge in [0, 0.05) is 7.05 Å². The molecule has 1 rings (SSSR count). The zero-order valence-electron chi connectivity index (χ0n) is 6.86. The van der Waals surface area contributed by atoms with Crippen molar-refractivity contribution in [3.05, 3.63) is 0 Å². The number of oxime groups is 1. The number of ether oxygens (including phenoxy) is 1. The van der Waals surface area contributed by atoms with Crippen LogP contribution in [-0.2, 0) is 9.57 Å². The first-order chi connectivity index (χ1) is 5.74. The Hall–Kier alpha value is -0.750. The van der Waals surface area contributed by atoms with Crippen LogP contribution in [-0.4, -0.2) is 30.2 Å². The first-order valence-electron chi connectivity index (χ1n) is 3.45. The number of nitrogens with one attached hydrogen (secondary N) is 1. The highest BCUT2D eigenvalue weighted by atomic mass is 32.2. The third kappa shape index (κ3) is 2.38. The van der Waals surface area contributed by atoms with Gasteiger partial charge in [0.05, 0.1) is 5.94 Å². The number of hydrogen-bond acceptors (Lipinski definition) is 5. The Morgan fingerprint density at radius 2 is 2.67 bits per heavy atom. The van der Waals surface area contributed by atoms with Crippen LogP contribution < -0.4 is 5.32 Å². The van der Waals surface area contributed by atoms with Gasteiger partial charge in [-0.15, -0.1) is 0 Å². The van der Waals surface area contributed by atoms with Crippen molar-refractivity contribution in [2.24, 2.45) is 5.16 Å². The lowest BCUT2D eigenvalue weighted by Gasteiger charge is -2.00. The maximum absolute atomic E-state index is 10.6. The minimum absolute atomic E-state index is 0.0698. The Balaban J connectivity index is 2.40. The standard InChI is InChI=1S/C6H10N2O3S/c1-4-5(12-3-10-4)8-11-6(9)7-2/h4H,3H2,1-2H3,(H,7,9). The van der Waals surface area contributed by atoms with Crippen molar-refractivity contribution in [3.8, 4) is 0 Å². The van der Waals surface area contributed by atoms with Gasteiger partial charge in [-0.3, -0.25) is 4.84 Å². The Morgan fingerprint density at radius 1 is 1.92 bits per heavy atom. The molecule has 0 aromatic carbocycles. The molecule has 0 spiro atoms. The lowest BCUT2D eigenvalue weighted by Crippen LogP contribution is -2.18. The predicted octanol–water partition coefficient (Wildman–Crippen LogP) is 0.765. The van der Waals surface area contributed by atoms with Crippen molar-refractivity contribution in [1.82, 2.24) is 5.32 Å². The second-order valence-electron chi connectivity index (χ2n) is 2.13. The van der Waals surface area contributed by atoms with Crippen molar-refractivity contribution in [2.75, 3.05) is 13.0 Å². The molecule has 5 nitrogen and oxygen atoms in total. The Labute approximate surface area is 74.5 Å². The highest BCUT2D eigenvalue weighted by Crippen LogP contribution is 2.19. The van der Waals surface area contributed by atoms with Crippen LogP contribution >= 0.6 is 11.8 Å². The second kappa shape index (κ2) is 4.32. The van der Waals surface area contributed by atoms with Crippen molar-refractivity contribution in [2.45, 2.75) is 13.0 Å². The van der Waals surface area contributed by atoms with Crippen LogP contribution in [0.2, 0.25) is 0 Å². The van der Waals surface area contributed by atoms with E-state index in [1.165, 1.54) is 18.8 Å². The molecule has 0 radical (unpaired) electrons. The predicted molar refractivity (Wildman–Crippen MR) is 46.0 cm³/mol. The lowest BCUT2D eigenvalue weighted by atomic mass is 10.4. The van der Waals surface area contributed by atoms with Crippen LogP contribution in [0.3, 0.4) is 0 Å². The van der Waals surface area contributed by atoms with Crippen molar-refractivity contribution < 1.29 is 14.4 Å². The van der Waals surface area contributed by atoms with E-state index in [9.17, 15) is 4.79 Å². The SMILES string of the molecule is CNC(=O)ON=C1SCOC1C. The number of thioether (sulfide) groups is 1. The van der Waals surface area contributed by atoms with Gasteiger partial charge in [0.1, 0.15) is 11.1 Å². The van der Waals surface area contributed by atoms with Gasteiger partial charge in [-0.05, 0) is 6.92 Å². The Kier molecular flexibility index (Phi) is 3.36. The lowest BCUT2D eigenvalue weighted by molar-refractivity contribution is 0.145. The van der Waals surface area contributed by atoms with E-state index in [4.69, 9.17) is 4.74 Å². The van der Waals surface area contributed by atoms with E-state index in [1.807, 2.05) is 6.92 Å². The Bertz CT molecular complexity index is 207. The van der Waals surface area contributed by atoms with Crippen LogP contribution in [0, 0.1) is 0 Å². The minimum atomic E-state index is -0.567. The monoisotopic (exact) mass is 190 g/mol. The molecule has 1 saturated heterocycles. The van der Waals surface area contributed by atoms with Crippen molar-refractivity contribution in [3.63, 3.8) is 0 Å². The number of nitrogens with zero attached hydrogens (tertiary/aromatic N) is 1. The molecule has 1 N–H and O–H groups in total. The summed E-state index contributed by atoms with van der Waals surface area (Å²) in [6.07, 6.45) is -0.637. The van der Waals surface area contributed by atoms with Crippen LogP contribution in [0.5, 0.6) is 0 Å². The van der Waals surface area contributed by atoms with E-state index >= 15 is 0 Å². The quantitative estimate of drug-likeness (QED) is 0.490. The van der Waals surface area contributed by atoms with Gasteiger partial charge in [-0.25, -0.2) is 4.79 Å². The van der Waals surface area contributed by atoms with Gasteiger partial charge in [-0.1, -0.05) is 16.9 Å². The molecule has 68 valence electrons. The molecule has 0 saturated carbocycles. The molecule has 0 aromatic heterocycles. The van der Waals surface area contributed by atoms with Crippen LogP contribution in [0.1, 0.15) is 6.92 Å². The van der Waals surface area contributed by atoms with Crippen molar-refractivity contribution >= 4 is 22.9 Å². The smallest absolute Gasteiger partial charge is 0.361 e. The third-order valence-electron chi connectivity index (χ3n) is 1.30. The molecule has 1 atom stereocenters. The summed E-state index contributed by atoms with van der Waals surface area (Å²) >= 11 is 1.43. The van der Waals surface area contributed by atoms with Gasteiger partial charge in [0.25, 0.3) is 0 Å². The van der Waals surface area contributed by atoms with E-state index in [1.54, 1.807) is 0 Å². The highest BCUT2D eigenvalue weighted by molar-refractivity contribution is 8.14. The normalized spacial score (nSPS) is 25.8. The molecule has 12 heavy (non-hydrogen) atoms. The van der Waals surface area contributed by atoms with Gasteiger partial charge in [-0.2, -0.15) is 0 Å². The Morgan fingerprint density at radius 3 is 3.17 bits per heavy atom. The molecule has 1 heterocycles. The summed E-state index contributed by atoms with van der Waals surface area (Å²) in [5, 5.41) is 6.60. The summed E-state index contributed by atoms with van der Waals surface area (Å²) in [6, 6.07) is 0. The van der Waals surface area contributed by atoms with Crippen LogP contribution in [0.4, 0.5) is 4.79 Å². The third-order valence-corrected chi connectivity index (χ3v) is 2.25. The maximum atomic E-state index is 10.6. The van der Waals surface area contributed by atoms with Gasteiger partial charge < -0.3 is 10.1 Å². The van der Waals surface area contributed by atoms with Crippen LogP contribution in [0.25, 0.3) is 0 Å². The zero-order chi connectivity index (χ0) is 8.97. The minimum Gasteiger partial charge on any atom is -0.361 e. The van der Waals surface area contributed by atoms with E-state index in [-0.39, 0.29) is 6.10 Å². The van der Waals surface area contributed by atoms with Crippen LogP contribution in [0.15, 0.2) is 5.16 Å². The molecule has 1 aliphatic rings. The van der Waals surface area contributed by atoms with E-state index in [0.29, 0.717) is 11.0 Å². The number of amides is 1. The fourth-order valence-corrected chi connectivity index (χ4v) is 1.40. The fourth-order valence-electron chi connectivity index (χ4n) is 0.618. The zero-order valence-corrected chi connectivity index (χ0v) is 7.68. The summed E-state index contributed by atoms with van der Waals surface area (Å²) in [5.74, 6) is 0.567. The molecular weight excluding hydrogens is 180 g/mol. The second-order valence-corrected chi connectivity index (χ2v) is 3.07. The largest absolute Gasteiger partial charge is 0.433 e. The molecule has 0 bridgehead atoms. The molecule has 6 heteroatoms. The van der Waals surface area contributed by atoms with E-state index < -0.39 is 6.09 Å². The number of carbonyl (C=O) groups is 1. The molecule has 0 aromatic rings. The summed E-state index contributed by atoms with van der Waals surface area (Å²) < 4.78 is 5.15. The average molecular weight is 190 g/mol. The number of carbonyl (C=O) groups excluding carboxylic acids is 1. The summed E-state index contributed by atoms with van der Waals surface area (Å²) in [4.78, 5) is 15.1. The first-order valence-corrected chi connectivity index (χ1v) is 4.43. The van der Waals surface area contributed by atoms with Gasteiger partial charge in [0.15, 0.2) is 0 Å². The van der Waals surface area contributed by atoms with E-state index in [2.05, 4.69) is 15.3 Å². The molecule has 1 aliphatic heterocycles. The molecule has 1 fully saturated rings. The molecular formula is C6H10N2O3S. The number of rotatable bonds is 1.